The maximum atomic E-state index is 11.7. The van der Waals surface area contributed by atoms with Crippen LogP contribution in [0.3, 0.4) is 0 Å². The van der Waals surface area contributed by atoms with Gasteiger partial charge in [0.1, 0.15) is 13.2 Å². The van der Waals surface area contributed by atoms with Crippen LogP contribution in [0.1, 0.15) is 66.8 Å². The molecule has 1 aliphatic rings. The summed E-state index contributed by atoms with van der Waals surface area (Å²) < 4.78 is 12.1. The van der Waals surface area contributed by atoms with Crippen molar-refractivity contribution in [2.45, 2.75) is 46.6 Å². The zero-order valence-corrected chi connectivity index (χ0v) is 28.4. The zero-order chi connectivity index (χ0) is 35.8. The van der Waals surface area contributed by atoms with Crippen LogP contribution in [-0.2, 0) is 42.1 Å². The van der Waals surface area contributed by atoms with Gasteiger partial charge in [-0.25, -0.2) is 9.59 Å². The van der Waals surface area contributed by atoms with Gasteiger partial charge in [-0.3, -0.25) is 4.68 Å². The van der Waals surface area contributed by atoms with Gasteiger partial charge in [-0.1, -0.05) is 47.5 Å². The Labute approximate surface area is 280 Å². The molecule has 0 bridgehead atoms. The summed E-state index contributed by atoms with van der Waals surface area (Å²) in [6.07, 6.45) is 2.93. The Morgan fingerprint density at radius 1 is 0.792 bits per heavy atom. The number of aromatic nitrogens is 2. The smallest absolute Gasteiger partial charge is 0.373 e. The van der Waals surface area contributed by atoms with Crippen LogP contribution in [0, 0.1) is 27.7 Å². The lowest BCUT2D eigenvalue weighted by molar-refractivity contribution is -0.193. The molecule has 3 aromatic carbocycles. The van der Waals surface area contributed by atoms with Crippen LogP contribution in [0.5, 0.6) is 0 Å². The summed E-state index contributed by atoms with van der Waals surface area (Å²) in [6.45, 7) is 8.19. The van der Waals surface area contributed by atoms with Gasteiger partial charge in [0.2, 0.25) is 0 Å². The number of benzene rings is 3. The molecule has 0 unspecified atom stereocenters. The van der Waals surface area contributed by atoms with Crippen molar-refractivity contribution < 1.29 is 38.2 Å². The van der Waals surface area contributed by atoms with Gasteiger partial charge in [-0.2, -0.15) is 24.3 Å². The van der Waals surface area contributed by atoms with E-state index in [4.69, 9.17) is 28.7 Å². The second kappa shape index (κ2) is 19.3. The minimum atomic E-state index is -0.425. The highest BCUT2D eigenvalue weighted by Gasteiger charge is 2.25. The van der Waals surface area contributed by atoms with E-state index in [1.54, 1.807) is 24.3 Å². The maximum absolute atomic E-state index is 11.7. The fourth-order valence-corrected chi connectivity index (χ4v) is 5.28. The van der Waals surface area contributed by atoms with Crippen molar-refractivity contribution in [2.24, 2.45) is 7.05 Å². The maximum Gasteiger partial charge on any atom is 0.373 e. The molecule has 48 heavy (non-hydrogen) atoms. The molecule has 0 saturated heterocycles. The molecule has 5 rings (SSSR count). The number of aryl methyl sites for hydroxylation is 5. The van der Waals surface area contributed by atoms with E-state index in [-0.39, 0.29) is 25.5 Å². The lowest BCUT2D eigenvalue weighted by atomic mass is 9.98. The summed E-state index contributed by atoms with van der Waals surface area (Å²) >= 11 is 0. The van der Waals surface area contributed by atoms with Crippen LogP contribution in [0.2, 0.25) is 0 Å². The summed E-state index contributed by atoms with van der Waals surface area (Å²) in [6, 6.07) is 21.7. The lowest BCUT2D eigenvalue weighted by Crippen LogP contribution is -2.17. The molecule has 11 nitrogen and oxygen atoms in total. The molecule has 4 aromatic rings. The Kier molecular flexibility index (Phi) is 15.5. The molecule has 0 aliphatic heterocycles. The van der Waals surface area contributed by atoms with Crippen LogP contribution < -0.4 is 0 Å². The summed E-state index contributed by atoms with van der Waals surface area (Å²) in [5, 5.41) is 4.54. The third-order valence-electron chi connectivity index (χ3n) is 7.74. The van der Waals surface area contributed by atoms with Gasteiger partial charge < -0.3 is 14.4 Å². The predicted octanol–water partition coefficient (Wildman–Crippen LogP) is 5.40. The number of hydrogen-bond acceptors (Lipinski definition) is 10. The number of fused-ring (bicyclic) bond motifs is 1. The predicted molar refractivity (Wildman–Crippen MR) is 176 cm³/mol. The van der Waals surface area contributed by atoms with E-state index in [0.29, 0.717) is 17.2 Å². The number of rotatable bonds is 7. The van der Waals surface area contributed by atoms with Crippen LogP contribution in [-0.4, -0.2) is 66.2 Å². The normalized spacial score (nSPS) is 12.4. The van der Waals surface area contributed by atoms with Crippen molar-refractivity contribution in [1.82, 2.24) is 14.7 Å². The molecule has 0 fully saturated rings. The van der Waals surface area contributed by atoms with Crippen LogP contribution in [0.15, 0.2) is 66.7 Å². The van der Waals surface area contributed by atoms with E-state index < -0.39 is 11.9 Å². The van der Waals surface area contributed by atoms with E-state index in [1.165, 1.54) is 40.8 Å². The first kappa shape index (κ1) is 38.7. The summed E-state index contributed by atoms with van der Waals surface area (Å²) in [5.41, 5.74) is 11.1. The standard InChI is InChI=1S/C18H18O4.C17H23N3.2CO2/c1-13-3-7-15(8-4-13)17(19)21-11-12-22-18(20)16-9-5-14(2)6-10-16;1-11-17(12(2)20(5)18-11)14-7-6-13-8-9-16(19(3)4)15(13)10-14;2*2-1-3/h3-10H,11-12H2,1-2H3;6-7,10,16H,8-9H2,1-5H3;;/t;16-;;/m.1../s1. The van der Waals surface area contributed by atoms with Gasteiger partial charge >= 0.3 is 24.2 Å². The van der Waals surface area contributed by atoms with Crippen LogP contribution in [0.4, 0.5) is 0 Å². The number of esters is 2. The molecule has 0 N–H and O–H groups in total. The third-order valence-corrected chi connectivity index (χ3v) is 7.74. The highest BCUT2D eigenvalue weighted by molar-refractivity contribution is 5.90. The second-order valence-electron chi connectivity index (χ2n) is 11.3. The lowest BCUT2D eigenvalue weighted by Gasteiger charge is -2.20. The van der Waals surface area contributed by atoms with E-state index in [2.05, 4.69) is 56.1 Å². The number of ether oxygens (including phenoxy) is 2. The quantitative estimate of drug-likeness (QED) is 0.188. The summed E-state index contributed by atoms with van der Waals surface area (Å²) in [5.74, 6) is -0.849. The number of carbonyl (C=O) groups is 2. The monoisotopic (exact) mass is 655 g/mol. The molecule has 1 atom stereocenters. The molecule has 1 aliphatic carbocycles. The molecule has 1 aromatic heterocycles. The van der Waals surface area contributed by atoms with E-state index in [1.807, 2.05) is 49.8 Å². The van der Waals surface area contributed by atoms with E-state index in [0.717, 1.165) is 16.8 Å². The Morgan fingerprint density at radius 3 is 1.65 bits per heavy atom. The number of carbonyl (C=O) groups excluding carboxylic acids is 6. The largest absolute Gasteiger partial charge is 0.458 e. The molecule has 0 amide bonds. The second-order valence-corrected chi connectivity index (χ2v) is 11.3. The van der Waals surface area contributed by atoms with Crippen molar-refractivity contribution >= 4 is 24.2 Å². The van der Waals surface area contributed by atoms with Crippen molar-refractivity contribution in [3.8, 4) is 11.1 Å². The molecule has 11 heteroatoms. The Morgan fingerprint density at radius 2 is 1.25 bits per heavy atom. The minimum absolute atomic E-state index is 0.0321. The molecule has 0 radical (unpaired) electrons. The first-order valence-corrected chi connectivity index (χ1v) is 15.1. The first-order valence-electron chi connectivity index (χ1n) is 15.1. The van der Waals surface area contributed by atoms with Crippen LogP contribution >= 0.6 is 0 Å². The topological polar surface area (TPSA) is 142 Å². The van der Waals surface area contributed by atoms with Crippen molar-refractivity contribution in [1.29, 1.82) is 0 Å². The fourth-order valence-electron chi connectivity index (χ4n) is 5.28. The van der Waals surface area contributed by atoms with Gasteiger partial charge in [-0.15, -0.1) is 0 Å². The van der Waals surface area contributed by atoms with Gasteiger partial charge in [0.15, 0.2) is 0 Å². The van der Waals surface area contributed by atoms with Crippen LogP contribution in [0.25, 0.3) is 11.1 Å². The average Bonchev–Trinajstić information content (AvgIpc) is 3.59. The van der Waals surface area contributed by atoms with Gasteiger partial charge in [-0.05, 0) is 102 Å². The molecular weight excluding hydrogens is 614 g/mol. The molecule has 0 saturated carbocycles. The van der Waals surface area contributed by atoms with Gasteiger partial charge in [0.05, 0.1) is 16.8 Å². The number of hydrogen-bond donors (Lipinski definition) is 0. The van der Waals surface area contributed by atoms with Gasteiger partial charge in [0.25, 0.3) is 0 Å². The Hall–Kier alpha value is -5.47. The minimum Gasteiger partial charge on any atom is -0.458 e. The zero-order valence-electron chi connectivity index (χ0n) is 28.4. The Balaban J connectivity index is 0.000000287. The highest BCUT2D eigenvalue weighted by atomic mass is 16.6. The molecule has 0 spiro atoms. The van der Waals surface area contributed by atoms with Gasteiger partial charge in [0, 0.05) is 24.3 Å². The van der Waals surface area contributed by atoms with E-state index in [9.17, 15) is 9.59 Å². The van der Waals surface area contributed by atoms with Crippen molar-refractivity contribution in [3.63, 3.8) is 0 Å². The molecule has 252 valence electrons. The average molecular weight is 656 g/mol. The van der Waals surface area contributed by atoms with Crippen molar-refractivity contribution in [2.75, 3.05) is 27.3 Å². The summed E-state index contributed by atoms with van der Waals surface area (Å²) in [7, 11) is 6.36. The fraction of sp³-hybridized carbons (Fsp3) is 0.324. The number of nitrogens with zero attached hydrogens (tertiary/aromatic N) is 3. The molecule has 1 heterocycles. The third kappa shape index (κ3) is 11.1. The first-order chi connectivity index (χ1) is 22.9. The summed E-state index contributed by atoms with van der Waals surface area (Å²) in [4.78, 5) is 58.3. The highest BCUT2D eigenvalue weighted by Crippen LogP contribution is 2.38. The van der Waals surface area contributed by atoms with Crippen molar-refractivity contribution in [3.05, 3.63) is 111 Å². The SMILES string of the molecule is Cc1ccc(C(=O)OCCOC(=O)c2ccc(C)cc2)cc1.Cc1nn(C)c(C)c1-c1ccc2c(c1)[C@H](N(C)C)CC2.O=C=O.O=C=O. The Bertz CT molecular complexity index is 1660. The van der Waals surface area contributed by atoms with E-state index >= 15 is 0 Å². The molecular formula is C37H41N3O8.